The van der Waals surface area contributed by atoms with E-state index in [9.17, 15) is 14.4 Å². The van der Waals surface area contributed by atoms with Crippen molar-refractivity contribution in [3.05, 3.63) is 41.9 Å². The smallest absolute Gasteiger partial charge is 0.313 e. The van der Waals surface area contributed by atoms with Gasteiger partial charge in [0, 0.05) is 23.5 Å². The number of nitrogens with two attached hydrogens (primary N) is 1. The molecule has 0 radical (unpaired) electrons. The third-order valence-electron chi connectivity index (χ3n) is 4.04. The number of benzene rings is 1. The Bertz CT molecular complexity index is 1010. The van der Waals surface area contributed by atoms with Crippen LogP contribution in [0, 0.1) is 0 Å². The van der Waals surface area contributed by atoms with E-state index in [2.05, 4.69) is 35.5 Å². The molecule has 0 saturated heterocycles. The number of carbonyl (C=O) groups is 3. The quantitative estimate of drug-likeness (QED) is 0.365. The van der Waals surface area contributed by atoms with E-state index in [1.807, 2.05) is 24.3 Å². The molecule has 0 aliphatic heterocycles. The Balaban J connectivity index is 1.73. The van der Waals surface area contributed by atoms with Crippen LogP contribution < -0.4 is 16.4 Å². The van der Waals surface area contributed by atoms with Gasteiger partial charge in [-0.2, -0.15) is 4.98 Å². The largest absolute Gasteiger partial charge is 0.469 e. The number of nitrogens with zero attached hydrogens (tertiary/aromatic N) is 2. The van der Waals surface area contributed by atoms with Crippen molar-refractivity contribution in [1.29, 1.82) is 0 Å². The summed E-state index contributed by atoms with van der Waals surface area (Å²) in [5.74, 6) is -0.841. The standard InChI is InChI=1S/C17H19N7O4/c1-28-14(25)7-13-21-17(24-23-13)22-15(26)12(20-16(18)27)6-9-8-19-11-5-3-2-4-10(9)11/h2-5,8,12,19H,6-7H2,1H3,(H3,18,20,27)(H2,21,22,23,24,26). The van der Waals surface area contributed by atoms with Gasteiger partial charge >= 0.3 is 12.0 Å². The Hall–Kier alpha value is -3.89. The summed E-state index contributed by atoms with van der Waals surface area (Å²) in [6.45, 7) is 0. The average Bonchev–Trinajstić information content (AvgIpc) is 3.27. The number of carbonyl (C=O) groups excluding carboxylic acids is 3. The Labute approximate surface area is 159 Å². The molecule has 6 N–H and O–H groups in total. The van der Waals surface area contributed by atoms with Crippen molar-refractivity contribution in [2.24, 2.45) is 5.73 Å². The molecule has 146 valence electrons. The molecule has 0 spiro atoms. The van der Waals surface area contributed by atoms with Crippen LogP contribution in [-0.4, -0.2) is 51.2 Å². The second kappa shape index (κ2) is 8.20. The van der Waals surface area contributed by atoms with Crippen LogP contribution in [0.15, 0.2) is 30.5 Å². The summed E-state index contributed by atoms with van der Waals surface area (Å²) in [6.07, 6.45) is 1.87. The van der Waals surface area contributed by atoms with Crippen LogP contribution >= 0.6 is 0 Å². The normalized spacial score (nSPS) is 11.8. The van der Waals surface area contributed by atoms with Gasteiger partial charge in [0.2, 0.25) is 11.9 Å². The number of anilines is 1. The third-order valence-corrected chi connectivity index (χ3v) is 4.04. The second-order valence-electron chi connectivity index (χ2n) is 5.97. The number of H-pyrrole nitrogens is 2. The minimum absolute atomic E-state index is 0.0286. The molecule has 1 atom stereocenters. The van der Waals surface area contributed by atoms with Crippen LogP contribution in [0.1, 0.15) is 11.4 Å². The maximum atomic E-state index is 12.6. The summed E-state index contributed by atoms with van der Waals surface area (Å²) in [5.41, 5.74) is 6.97. The molecule has 1 aromatic carbocycles. The van der Waals surface area contributed by atoms with E-state index < -0.39 is 23.9 Å². The van der Waals surface area contributed by atoms with Gasteiger partial charge in [-0.05, 0) is 11.6 Å². The topological polar surface area (TPSA) is 168 Å². The molecule has 11 nitrogen and oxygen atoms in total. The summed E-state index contributed by atoms with van der Waals surface area (Å²) in [5, 5.41) is 12.2. The van der Waals surface area contributed by atoms with Crippen LogP contribution in [0.5, 0.6) is 0 Å². The molecule has 3 amide bonds. The number of amides is 3. The molecule has 3 rings (SSSR count). The summed E-state index contributed by atoms with van der Waals surface area (Å²) in [4.78, 5) is 42.3. The molecule has 11 heteroatoms. The minimum Gasteiger partial charge on any atom is -0.469 e. The van der Waals surface area contributed by atoms with Crippen LogP contribution in [-0.2, 0) is 27.2 Å². The van der Waals surface area contributed by atoms with E-state index >= 15 is 0 Å². The number of para-hydroxylation sites is 1. The highest BCUT2D eigenvalue weighted by Crippen LogP contribution is 2.19. The van der Waals surface area contributed by atoms with Crippen LogP contribution in [0.4, 0.5) is 10.7 Å². The van der Waals surface area contributed by atoms with Crippen molar-refractivity contribution in [2.45, 2.75) is 18.9 Å². The molecule has 3 aromatic rings. The zero-order chi connectivity index (χ0) is 20.1. The zero-order valence-corrected chi connectivity index (χ0v) is 15.0. The Morgan fingerprint density at radius 2 is 2.07 bits per heavy atom. The number of aromatic amines is 2. The van der Waals surface area contributed by atoms with Crippen molar-refractivity contribution in [3.63, 3.8) is 0 Å². The van der Waals surface area contributed by atoms with E-state index in [4.69, 9.17) is 5.73 Å². The van der Waals surface area contributed by atoms with Gasteiger partial charge < -0.3 is 20.8 Å². The first-order valence-corrected chi connectivity index (χ1v) is 8.36. The second-order valence-corrected chi connectivity index (χ2v) is 5.97. The first-order chi connectivity index (χ1) is 13.5. The first-order valence-electron chi connectivity index (χ1n) is 8.36. The number of esters is 1. The van der Waals surface area contributed by atoms with Crippen molar-refractivity contribution >= 4 is 34.8 Å². The average molecular weight is 385 g/mol. The van der Waals surface area contributed by atoms with E-state index in [1.165, 1.54) is 7.11 Å². The van der Waals surface area contributed by atoms with Crippen molar-refractivity contribution in [3.8, 4) is 0 Å². The number of ether oxygens (including phenoxy) is 1. The number of aromatic nitrogens is 4. The van der Waals surface area contributed by atoms with Gasteiger partial charge in [0.05, 0.1) is 7.11 Å². The van der Waals surface area contributed by atoms with Gasteiger partial charge in [-0.3, -0.25) is 20.0 Å². The van der Waals surface area contributed by atoms with E-state index in [0.29, 0.717) is 0 Å². The van der Waals surface area contributed by atoms with Gasteiger partial charge in [-0.1, -0.05) is 18.2 Å². The van der Waals surface area contributed by atoms with E-state index in [0.717, 1.165) is 16.5 Å². The fraction of sp³-hybridized carbons (Fsp3) is 0.235. The van der Waals surface area contributed by atoms with Crippen molar-refractivity contribution in [2.75, 3.05) is 12.4 Å². The predicted molar refractivity (Wildman–Crippen MR) is 99.2 cm³/mol. The van der Waals surface area contributed by atoms with Gasteiger partial charge in [-0.15, -0.1) is 5.10 Å². The van der Waals surface area contributed by atoms with Crippen LogP contribution in [0.3, 0.4) is 0 Å². The highest BCUT2D eigenvalue weighted by molar-refractivity contribution is 5.96. The summed E-state index contributed by atoms with van der Waals surface area (Å²) >= 11 is 0. The van der Waals surface area contributed by atoms with Gasteiger partial charge in [0.1, 0.15) is 18.3 Å². The molecule has 28 heavy (non-hydrogen) atoms. The number of hydrogen-bond donors (Lipinski definition) is 5. The summed E-state index contributed by atoms with van der Waals surface area (Å²) in [7, 11) is 1.26. The van der Waals surface area contributed by atoms with Crippen molar-refractivity contribution in [1.82, 2.24) is 25.5 Å². The minimum atomic E-state index is -0.945. The zero-order valence-electron chi connectivity index (χ0n) is 15.0. The maximum absolute atomic E-state index is 12.6. The molecule has 0 aliphatic carbocycles. The molecule has 2 heterocycles. The summed E-state index contributed by atoms with van der Waals surface area (Å²) in [6, 6.07) is 5.82. The fourth-order valence-electron chi connectivity index (χ4n) is 2.74. The number of hydrogen-bond acceptors (Lipinski definition) is 6. The first kappa shape index (κ1) is 18.9. The number of urea groups is 1. The predicted octanol–water partition coefficient (Wildman–Crippen LogP) is 0.220. The number of primary amides is 1. The number of methoxy groups -OCH3 is 1. The van der Waals surface area contributed by atoms with Gasteiger partial charge in [-0.25, -0.2) is 4.79 Å². The molecule has 0 bridgehead atoms. The highest BCUT2D eigenvalue weighted by atomic mass is 16.5. The molecule has 0 saturated carbocycles. The Morgan fingerprint density at radius 1 is 1.29 bits per heavy atom. The van der Waals surface area contributed by atoms with E-state index in [1.54, 1.807) is 6.20 Å². The van der Waals surface area contributed by atoms with Crippen LogP contribution in [0.25, 0.3) is 10.9 Å². The lowest BCUT2D eigenvalue weighted by Gasteiger charge is -2.16. The highest BCUT2D eigenvalue weighted by Gasteiger charge is 2.23. The third kappa shape index (κ3) is 4.44. The maximum Gasteiger partial charge on any atom is 0.313 e. The van der Waals surface area contributed by atoms with Crippen LogP contribution in [0.2, 0.25) is 0 Å². The molecular formula is C17H19N7O4. The fourth-order valence-corrected chi connectivity index (χ4v) is 2.74. The lowest BCUT2D eigenvalue weighted by Crippen LogP contribution is -2.47. The lowest BCUT2D eigenvalue weighted by atomic mass is 10.0. The molecule has 0 aliphatic rings. The SMILES string of the molecule is COC(=O)Cc1nc(NC(=O)C(Cc2c[nH]c3ccccc23)NC(N)=O)n[nH]1. The summed E-state index contributed by atoms with van der Waals surface area (Å²) < 4.78 is 4.54. The monoisotopic (exact) mass is 385 g/mol. The Kier molecular flexibility index (Phi) is 5.53. The Morgan fingerprint density at radius 3 is 2.82 bits per heavy atom. The van der Waals surface area contributed by atoms with Crippen molar-refractivity contribution < 1.29 is 19.1 Å². The number of fused-ring (bicyclic) bond motifs is 1. The molecule has 1 unspecified atom stereocenters. The molecular weight excluding hydrogens is 366 g/mol. The number of rotatable bonds is 7. The number of nitrogens with one attached hydrogen (secondary N) is 4. The van der Waals surface area contributed by atoms with E-state index in [-0.39, 0.29) is 24.6 Å². The molecule has 2 aromatic heterocycles. The van der Waals surface area contributed by atoms with Gasteiger partial charge in [0.25, 0.3) is 0 Å². The lowest BCUT2D eigenvalue weighted by molar-refractivity contribution is -0.139. The molecule has 0 fully saturated rings. The van der Waals surface area contributed by atoms with Gasteiger partial charge in [0.15, 0.2) is 0 Å².